The number of imidazole rings is 1. The maximum atomic E-state index is 6.07. The second-order valence-corrected chi connectivity index (χ2v) is 3.73. The van der Waals surface area contributed by atoms with E-state index in [0.717, 1.165) is 11.0 Å². The third-order valence-corrected chi connectivity index (χ3v) is 2.40. The molecule has 72 valence electrons. The van der Waals surface area contributed by atoms with Crippen LogP contribution < -0.4 is 0 Å². The Morgan fingerprint density at radius 3 is 2.86 bits per heavy atom. The zero-order chi connectivity index (χ0) is 10.1. The van der Waals surface area contributed by atoms with Crippen molar-refractivity contribution in [1.29, 1.82) is 0 Å². The van der Waals surface area contributed by atoms with Crippen LogP contribution in [-0.4, -0.2) is 9.55 Å². The summed E-state index contributed by atoms with van der Waals surface area (Å²) in [6.45, 7) is 1.94. The molecule has 0 saturated carbocycles. The molecule has 14 heavy (non-hydrogen) atoms. The first-order valence-corrected chi connectivity index (χ1v) is 4.92. The van der Waals surface area contributed by atoms with Gasteiger partial charge in [-0.3, -0.25) is 0 Å². The minimum Gasteiger partial charge on any atom is -0.305 e. The SMILES string of the molecule is C/C=C/n1cnc2cc(Cl)cc(Cl)c21. The van der Waals surface area contributed by atoms with Gasteiger partial charge < -0.3 is 4.57 Å². The summed E-state index contributed by atoms with van der Waals surface area (Å²) in [5, 5.41) is 1.22. The molecule has 0 fully saturated rings. The van der Waals surface area contributed by atoms with Gasteiger partial charge in [0.25, 0.3) is 0 Å². The summed E-state index contributed by atoms with van der Waals surface area (Å²) in [6.07, 6.45) is 5.54. The van der Waals surface area contributed by atoms with Crippen LogP contribution in [0.5, 0.6) is 0 Å². The Morgan fingerprint density at radius 2 is 2.14 bits per heavy atom. The molecular formula is C10H8Cl2N2. The molecule has 0 atom stereocenters. The molecule has 1 heterocycles. The normalized spacial score (nSPS) is 11.6. The van der Waals surface area contributed by atoms with Gasteiger partial charge in [0.15, 0.2) is 0 Å². The van der Waals surface area contributed by atoms with Crippen LogP contribution >= 0.6 is 23.2 Å². The highest BCUT2D eigenvalue weighted by molar-refractivity contribution is 6.38. The molecule has 0 N–H and O–H groups in total. The van der Waals surface area contributed by atoms with E-state index >= 15 is 0 Å². The molecule has 0 unspecified atom stereocenters. The summed E-state index contributed by atoms with van der Waals surface area (Å²) >= 11 is 11.9. The molecule has 0 spiro atoms. The van der Waals surface area contributed by atoms with Gasteiger partial charge in [-0.15, -0.1) is 0 Å². The highest BCUT2D eigenvalue weighted by atomic mass is 35.5. The number of allylic oxidation sites excluding steroid dienone is 1. The molecule has 0 saturated heterocycles. The fourth-order valence-corrected chi connectivity index (χ4v) is 1.94. The average Bonchev–Trinajstić information content (AvgIpc) is 2.49. The molecule has 0 amide bonds. The van der Waals surface area contributed by atoms with Crippen LogP contribution in [0, 0.1) is 0 Å². The lowest BCUT2D eigenvalue weighted by atomic mass is 10.3. The third-order valence-electron chi connectivity index (χ3n) is 1.90. The minimum absolute atomic E-state index is 0.605. The highest BCUT2D eigenvalue weighted by Crippen LogP contribution is 2.27. The van der Waals surface area contributed by atoms with Crippen LogP contribution in [0.4, 0.5) is 0 Å². The van der Waals surface area contributed by atoms with E-state index in [-0.39, 0.29) is 0 Å². The number of nitrogens with zero attached hydrogens (tertiary/aromatic N) is 2. The van der Waals surface area contributed by atoms with Crippen molar-refractivity contribution >= 4 is 40.4 Å². The lowest BCUT2D eigenvalue weighted by Gasteiger charge is -1.99. The van der Waals surface area contributed by atoms with Crippen molar-refractivity contribution in [2.75, 3.05) is 0 Å². The standard InChI is InChI=1S/C10H8Cl2N2/c1-2-3-14-6-13-9-5-7(11)4-8(12)10(9)14/h2-6H,1H3/b3-2+. The van der Waals surface area contributed by atoms with Crippen molar-refractivity contribution < 1.29 is 0 Å². The Hall–Kier alpha value is -0.990. The topological polar surface area (TPSA) is 17.8 Å². The van der Waals surface area contributed by atoms with E-state index in [0.29, 0.717) is 10.0 Å². The lowest BCUT2D eigenvalue weighted by molar-refractivity contribution is 1.17. The molecule has 2 aromatic rings. The van der Waals surface area contributed by atoms with Gasteiger partial charge in [-0.1, -0.05) is 29.3 Å². The summed E-state index contributed by atoms with van der Waals surface area (Å²) < 4.78 is 1.87. The first-order valence-electron chi connectivity index (χ1n) is 4.17. The highest BCUT2D eigenvalue weighted by Gasteiger charge is 2.06. The molecule has 0 bridgehead atoms. The van der Waals surface area contributed by atoms with Crippen LogP contribution in [0.3, 0.4) is 0 Å². The van der Waals surface area contributed by atoms with E-state index in [4.69, 9.17) is 23.2 Å². The first-order chi connectivity index (χ1) is 6.72. The second kappa shape index (κ2) is 3.64. The maximum absolute atomic E-state index is 6.07. The molecule has 2 rings (SSSR count). The van der Waals surface area contributed by atoms with Gasteiger partial charge in [-0.05, 0) is 19.1 Å². The number of rotatable bonds is 1. The fourth-order valence-electron chi connectivity index (χ4n) is 1.36. The molecule has 4 heteroatoms. The smallest absolute Gasteiger partial charge is 0.0999 e. The van der Waals surface area contributed by atoms with Gasteiger partial charge >= 0.3 is 0 Å². The van der Waals surface area contributed by atoms with Crippen LogP contribution in [0.2, 0.25) is 10.0 Å². The lowest BCUT2D eigenvalue weighted by Crippen LogP contribution is -1.83. The van der Waals surface area contributed by atoms with Crippen molar-refractivity contribution in [2.24, 2.45) is 0 Å². The molecule has 0 radical (unpaired) electrons. The monoisotopic (exact) mass is 226 g/mol. The number of fused-ring (bicyclic) bond motifs is 1. The van der Waals surface area contributed by atoms with Crippen LogP contribution in [-0.2, 0) is 0 Å². The summed E-state index contributed by atoms with van der Waals surface area (Å²) in [6, 6.07) is 3.51. The van der Waals surface area contributed by atoms with E-state index < -0.39 is 0 Å². The van der Waals surface area contributed by atoms with Crippen molar-refractivity contribution in [1.82, 2.24) is 9.55 Å². The van der Waals surface area contributed by atoms with Gasteiger partial charge in [-0.25, -0.2) is 4.98 Å². The van der Waals surface area contributed by atoms with Crippen molar-refractivity contribution in [3.05, 3.63) is 34.6 Å². The molecular weight excluding hydrogens is 219 g/mol. The number of halogens is 2. The van der Waals surface area contributed by atoms with Gasteiger partial charge in [0.05, 0.1) is 22.4 Å². The van der Waals surface area contributed by atoms with E-state index in [1.165, 1.54) is 0 Å². The summed E-state index contributed by atoms with van der Waals surface area (Å²) in [4.78, 5) is 4.20. The second-order valence-electron chi connectivity index (χ2n) is 2.89. The number of hydrogen-bond acceptors (Lipinski definition) is 1. The Bertz CT molecular complexity index is 500. The van der Waals surface area contributed by atoms with Crippen LogP contribution in [0.1, 0.15) is 6.92 Å². The van der Waals surface area contributed by atoms with Crippen LogP contribution in [0.25, 0.3) is 17.2 Å². The number of benzene rings is 1. The van der Waals surface area contributed by atoms with E-state index in [2.05, 4.69) is 4.98 Å². The summed E-state index contributed by atoms with van der Waals surface area (Å²) in [5.41, 5.74) is 1.69. The van der Waals surface area contributed by atoms with Crippen molar-refractivity contribution in [3.63, 3.8) is 0 Å². The summed E-state index contributed by atoms with van der Waals surface area (Å²) in [5.74, 6) is 0. The average molecular weight is 227 g/mol. The number of hydrogen-bond donors (Lipinski definition) is 0. The summed E-state index contributed by atoms with van der Waals surface area (Å²) in [7, 11) is 0. The van der Waals surface area contributed by atoms with Gasteiger partial charge in [-0.2, -0.15) is 0 Å². The quantitative estimate of drug-likeness (QED) is 0.723. The number of aromatic nitrogens is 2. The minimum atomic E-state index is 0.605. The molecule has 0 aliphatic carbocycles. The van der Waals surface area contributed by atoms with E-state index in [9.17, 15) is 0 Å². The van der Waals surface area contributed by atoms with Gasteiger partial charge in [0.1, 0.15) is 0 Å². The van der Waals surface area contributed by atoms with Crippen molar-refractivity contribution in [2.45, 2.75) is 6.92 Å². The third kappa shape index (κ3) is 1.51. The zero-order valence-corrected chi connectivity index (χ0v) is 9.05. The Balaban J connectivity index is 2.78. The Morgan fingerprint density at radius 1 is 1.36 bits per heavy atom. The zero-order valence-electron chi connectivity index (χ0n) is 7.54. The fraction of sp³-hybridized carbons (Fsp3) is 0.100. The first kappa shape index (κ1) is 9.56. The largest absolute Gasteiger partial charge is 0.305 e. The molecule has 0 aliphatic heterocycles. The molecule has 1 aromatic heterocycles. The maximum Gasteiger partial charge on any atom is 0.0999 e. The Labute approximate surface area is 91.8 Å². The van der Waals surface area contributed by atoms with E-state index in [1.54, 1.807) is 18.5 Å². The molecule has 1 aromatic carbocycles. The molecule has 2 nitrogen and oxygen atoms in total. The molecule has 0 aliphatic rings. The predicted molar refractivity (Wildman–Crippen MR) is 60.8 cm³/mol. The van der Waals surface area contributed by atoms with Crippen molar-refractivity contribution in [3.8, 4) is 0 Å². The van der Waals surface area contributed by atoms with E-state index in [1.807, 2.05) is 23.8 Å². The van der Waals surface area contributed by atoms with Gasteiger partial charge in [0.2, 0.25) is 0 Å². The predicted octanol–water partition coefficient (Wildman–Crippen LogP) is 3.83. The Kier molecular flexibility index (Phi) is 2.48. The van der Waals surface area contributed by atoms with Crippen LogP contribution in [0.15, 0.2) is 24.5 Å². The van der Waals surface area contributed by atoms with Gasteiger partial charge in [0, 0.05) is 11.2 Å².